The number of piperidine rings is 1. The number of methoxy groups -OCH3 is 1. The van der Waals surface area contributed by atoms with Gasteiger partial charge in [0.1, 0.15) is 5.82 Å². The maximum absolute atomic E-state index is 13.6. The van der Waals surface area contributed by atoms with E-state index in [1.165, 1.54) is 12.3 Å². The Morgan fingerprint density at radius 2 is 2.09 bits per heavy atom. The second-order valence-electron chi connectivity index (χ2n) is 9.49. The Kier molecular flexibility index (Phi) is 11.7. The number of nitrogens with two attached hydrogens (primary N) is 2. The standard InChI is InChI=1S/C26H42FN5O2S/c1-31(15-16-33-2)35-30-25-12-14-32(26(29)7-4-13-28)18-22(25)19-34-24-10-8-20(9-11-24)21-5-3-6-23(27)17-21/h3-7,13,17,20,22,24-25,30H,8-12,14-16,18-19,28-29H2,1-2H3/b13-4-,26-7+. The molecule has 1 aliphatic heterocycles. The number of benzene rings is 1. The van der Waals surface area contributed by atoms with Crippen LogP contribution in [0.3, 0.4) is 0 Å². The molecule has 7 nitrogen and oxygen atoms in total. The van der Waals surface area contributed by atoms with E-state index in [-0.39, 0.29) is 11.9 Å². The van der Waals surface area contributed by atoms with Gasteiger partial charge in [0, 0.05) is 50.8 Å². The molecular formula is C26H42FN5O2S. The molecule has 9 heteroatoms. The lowest BCUT2D eigenvalue weighted by Gasteiger charge is -2.41. The fourth-order valence-electron chi connectivity index (χ4n) is 4.86. The molecule has 0 bridgehead atoms. The first-order chi connectivity index (χ1) is 17.0. The number of nitrogens with one attached hydrogen (secondary N) is 1. The molecule has 1 saturated carbocycles. The minimum atomic E-state index is -0.151. The zero-order valence-electron chi connectivity index (χ0n) is 21.1. The summed E-state index contributed by atoms with van der Waals surface area (Å²) >= 11 is 1.64. The molecule has 0 aromatic heterocycles. The summed E-state index contributed by atoms with van der Waals surface area (Å²) in [6, 6.07) is 7.36. The molecule has 0 amide bonds. The van der Waals surface area contributed by atoms with Crippen LogP contribution in [-0.2, 0) is 9.47 Å². The van der Waals surface area contributed by atoms with Crippen LogP contribution in [-0.4, -0.2) is 68.4 Å². The van der Waals surface area contributed by atoms with Gasteiger partial charge in [0.25, 0.3) is 0 Å². The van der Waals surface area contributed by atoms with Crippen LogP contribution in [0.5, 0.6) is 0 Å². The second kappa shape index (κ2) is 14.7. The highest BCUT2D eigenvalue weighted by atomic mass is 32.2. The number of likely N-dealkylation sites (N-methyl/N-ethyl adjacent to an activating group) is 1. The van der Waals surface area contributed by atoms with Crippen molar-refractivity contribution in [3.05, 3.63) is 59.8 Å². The van der Waals surface area contributed by atoms with Crippen molar-refractivity contribution in [2.45, 2.75) is 50.2 Å². The number of allylic oxidation sites excluding steroid dienone is 2. The third kappa shape index (κ3) is 8.99. The molecule has 0 spiro atoms. The van der Waals surface area contributed by atoms with E-state index in [9.17, 15) is 4.39 Å². The fraction of sp³-hybridized carbons (Fsp3) is 0.615. The summed E-state index contributed by atoms with van der Waals surface area (Å²) in [7, 11) is 3.78. The molecule has 196 valence electrons. The van der Waals surface area contributed by atoms with Crippen LogP contribution in [0.15, 0.2) is 48.4 Å². The molecule has 5 N–H and O–H groups in total. The van der Waals surface area contributed by atoms with Crippen LogP contribution in [0, 0.1) is 11.7 Å². The first-order valence-corrected chi connectivity index (χ1v) is 13.4. The van der Waals surface area contributed by atoms with Crippen molar-refractivity contribution < 1.29 is 13.9 Å². The van der Waals surface area contributed by atoms with Crippen LogP contribution >= 0.6 is 12.1 Å². The predicted octanol–water partition coefficient (Wildman–Crippen LogP) is 3.56. The third-order valence-corrected chi connectivity index (χ3v) is 7.89. The highest BCUT2D eigenvalue weighted by Gasteiger charge is 2.32. The zero-order chi connectivity index (χ0) is 25.0. The van der Waals surface area contributed by atoms with Gasteiger partial charge in [0.05, 0.1) is 25.1 Å². The molecule has 1 aliphatic carbocycles. The summed E-state index contributed by atoms with van der Waals surface area (Å²) in [5.74, 6) is 1.31. The number of ether oxygens (including phenoxy) is 2. The lowest BCUT2D eigenvalue weighted by molar-refractivity contribution is -0.0135. The highest BCUT2D eigenvalue weighted by molar-refractivity contribution is 7.95. The van der Waals surface area contributed by atoms with Gasteiger partial charge in [0.2, 0.25) is 0 Å². The average Bonchev–Trinajstić information content (AvgIpc) is 2.88. The Morgan fingerprint density at radius 3 is 2.80 bits per heavy atom. The van der Waals surface area contributed by atoms with Crippen molar-refractivity contribution in [2.24, 2.45) is 17.4 Å². The zero-order valence-corrected chi connectivity index (χ0v) is 21.9. The number of hydrogen-bond acceptors (Lipinski definition) is 8. The quantitative estimate of drug-likeness (QED) is 0.292. The van der Waals surface area contributed by atoms with Crippen molar-refractivity contribution in [3.63, 3.8) is 0 Å². The normalized spacial score (nSPS) is 26.1. The van der Waals surface area contributed by atoms with Crippen LogP contribution in [0.1, 0.15) is 43.6 Å². The van der Waals surface area contributed by atoms with E-state index in [1.54, 1.807) is 31.4 Å². The SMILES string of the molecule is COCCN(C)SNC1CCN(/C(N)=C/C=C\N)CC1COC1CCC(c2cccc(F)c2)CC1. The summed E-state index contributed by atoms with van der Waals surface area (Å²) in [6.45, 7) is 3.95. The molecular weight excluding hydrogens is 465 g/mol. The third-order valence-electron chi connectivity index (χ3n) is 6.99. The van der Waals surface area contributed by atoms with Crippen molar-refractivity contribution in [3.8, 4) is 0 Å². The number of hydrogen-bond donors (Lipinski definition) is 3. The number of halogens is 1. The summed E-state index contributed by atoms with van der Waals surface area (Å²) < 4.78 is 31.1. The highest BCUT2D eigenvalue weighted by Crippen LogP contribution is 2.35. The van der Waals surface area contributed by atoms with Gasteiger partial charge >= 0.3 is 0 Å². The van der Waals surface area contributed by atoms with Crippen LogP contribution < -0.4 is 16.2 Å². The number of nitrogens with zero attached hydrogens (tertiary/aromatic N) is 2. The lowest BCUT2D eigenvalue weighted by atomic mass is 9.82. The van der Waals surface area contributed by atoms with E-state index in [0.29, 0.717) is 31.1 Å². The van der Waals surface area contributed by atoms with Gasteiger partial charge in [-0.05, 0) is 81.1 Å². The molecule has 1 heterocycles. The van der Waals surface area contributed by atoms with Crippen molar-refractivity contribution in [1.29, 1.82) is 0 Å². The van der Waals surface area contributed by atoms with E-state index >= 15 is 0 Å². The molecule has 2 fully saturated rings. The second-order valence-corrected chi connectivity index (χ2v) is 10.5. The minimum Gasteiger partial charge on any atom is -0.405 e. The van der Waals surface area contributed by atoms with Gasteiger partial charge in [-0.1, -0.05) is 12.1 Å². The van der Waals surface area contributed by atoms with Gasteiger partial charge in [0.15, 0.2) is 0 Å². The molecule has 0 radical (unpaired) electrons. The Labute approximate surface area is 214 Å². The smallest absolute Gasteiger partial charge is 0.123 e. The molecule has 2 atom stereocenters. The summed E-state index contributed by atoms with van der Waals surface area (Å²) in [4.78, 5) is 2.21. The van der Waals surface area contributed by atoms with Crippen LogP contribution in [0.2, 0.25) is 0 Å². The monoisotopic (exact) mass is 507 g/mol. The fourth-order valence-corrected chi connectivity index (χ4v) is 5.65. The molecule has 3 rings (SSSR count). The largest absolute Gasteiger partial charge is 0.405 e. The number of likely N-dealkylation sites (tertiary alicyclic amines) is 1. The Balaban J connectivity index is 1.53. The van der Waals surface area contributed by atoms with Crippen molar-refractivity contribution in [1.82, 2.24) is 13.9 Å². The summed E-state index contributed by atoms with van der Waals surface area (Å²) in [5, 5.41) is 0. The predicted molar refractivity (Wildman–Crippen MR) is 142 cm³/mol. The van der Waals surface area contributed by atoms with Crippen LogP contribution in [0.25, 0.3) is 0 Å². The molecule has 2 aliphatic rings. The topological polar surface area (TPSA) is 89.0 Å². The molecule has 1 aromatic carbocycles. The van der Waals surface area contributed by atoms with Gasteiger partial charge in [-0.15, -0.1) is 0 Å². The summed E-state index contributed by atoms with van der Waals surface area (Å²) in [6.07, 6.45) is 10.4. The van der Waals surface area contributed by atoms with E-state index in [0.717, 1.165) is 63.1 Å². The maximum Gasteiger partial charge on any atom is 0.123 e. The molecule has 35 heavy (non-hydrogen) atoms. The van der Waals surface area contributed by atoms with E-state index in [4.69, 9.17) is 20.9 Å². The first kappa shape index (κ1) is 27.8. The maximum atomic E-state index is 13.6. The summed E-state index contributed by atoms with van der Waals surface area (Å²) in [5.41, 5.74) is 12.9. The molecule has 1 saturated heterocycles. The molecule has 2 unspecified atom stereocenters. The van der Waals surface area contributed by atoms with Gasteiger partial charge < -0.3 is 25.8 Å². The Hall–Kier alpha value is -1.78. The van der Waals surface area contributed by atoms with E-state index < -0.39 is 0 Å². The Morgan fingerprint density at radius 1 is 1.29 bits per heavy atom. The number of rotatable bonds is 12. The van der Waals surface area contributed by atoms with E-state index in [2.05, 4.69) is 21.0 Å². The minimum absolute atomic E-state index is 0.151. The average molecular weight is 508 g/mol. The molecule has 1 aromatic rings. The van der Waals surface area contributed by atoms with Gasteiger partial charge in [-0.2, -0.15) is 0 Å². The first-order valence-electron chi connectivity index (χ1n) is 12.6. The van der Waals surface area contributed by atoms with Gasteiger partial charge in [-0.25, -0.2) is 13.4 Å². The lowest BCUT2D eigenvalue weighted by Crippen LogP contribution is -2.50. The van der Waals surface area contributed by atoms with Crippen molar-refractivity contribution >= 4 is 12.1 Å². The van der Waals surface area contributed by atoms with Crippen molar-refractivity contribution in [2.75, 3.05) is 47.0 Å². The van der Waals surface area contributed by atoms with Gasteiger partial charge in [-0.3, -0.25) is 0 Å². The van der Waals surface area contributed by atoms with Crippen LogP contribution in [0.4, 0.5) is 4.39 Å². The van der Waals surface area contributed by atoms with E-state index in [1.807, 2.05) is 18.2 Å². The Bertz CT molecular complexity index is 819.